The summed E-state index contributed by atoms with van der Waals surface area (Å²) in [5.41, 5.74) is -0.758. The van der Waals surface area contributed by atoms with Crippen LogP contribution in [0.15, 0.2) is 35.6 Å². The highest BCUT2D eigenvalue weighted by Crippen LogP contribution is 2.43. The minimum absolute atomic E-state index is 0.0232. The molecule has 0 unspecified atom stereocenters. The summed E-state index contributed by atoms with van der Waals surface area (Å²) in [4.78, 5) is 37.3. The lowest BCUT2D eigenvalue weighted by atomic mass is 9.79. The van der Waals surface area contributed by atoms with Crippen molar-refractivity contribution in [2.75, 3.05) is 20.3 Å². The van der Waals surface area contributed by atoms with Crippen molar-refractivity contribution < 1.29 is 38.4 Å². The fourth-order valence-corrected chi connectivity index (χ4v) is 3.84. The first-order valence-electron chi connectivity index (χ1n) is 9.03. The van der Waals surface area contributed by atoms with Crippen molar-refractivity contribution in [2.24, 2.45) is 11.8 Å². The van der Waals surface area contributed by atoms with E-state index in [0.717, 1.165) is 0 Å². The lowest BCUT2D eigenvalue weighted by Crippen LogP contribution is -2.45. The lowest BCUT2D eigenvalue weighted by Gasteiger charge is -2.33. The number of aliphatic hydroxyl groups is 1. The highest BCUT2D eigenvalue weighted by atomic mass is 16.6. The smallest absolute Gasteiger partial charge is 0.333 e. The van der Waals surface area contributed by atoms with Gasteiger partial charge in [0.25, 0.3) is 0 Å². The van der Waals surface area contributed by atoms with Crippen molar-refractivity contribution in [3.05, 3.63) is 35.6 Å². The summed E-state index contributed by atoms with van der Waals surface area (Å²) < 4.78 is 22.2. The van der Waals surface area contributed by atoms with Crippen LogP contribution < -0.4 is 0 Å². The van der Waals surface area contributed by atoms with Crippen LogP contribution >= 0.6 is 0 Å². The second-order valence-electron chi connectivity index (χ2n) is 7.52. The fourth-order valence-electron chi connectivity index (χ4n) is 3.84. The number of esters is 2. The third-order valence-electron chi connectivity index (χ3n) is 5.34. The van der Waals surface area contributed by atoms with Gasteiger partial charge in [0.05, 0.1) is 25.0 Å². The SMILES string of the molecule is C=C(C)C(=O)O[C@@H]1C[C@@]2(C)OC(=CC2=O)/C(CO)=C\[C@H]2OC(=O)[C@@H](COC)[C@@H]21. The van der Waals surface area contributed by atoms with Crippen molar-refractivity contribution >= 4 is 17.7 Å². The molecule has 0 spiro atoms. The Morgan fingerprint density at radius 2 is 2.14 bits per heavy atom. The number of hydrogen-bond donors (Lipinski definition) is 1. The van der Waals surface area contributed by atoms with Gasteiger partial charge in [0.1, 0.15) is 18.0 Å². The summed E-state index contributed by atoms with van der Waals surface area (Å²) in [5.74, 6) is -2.49. The first-order valence-corrected chi connectivity index (χ1v) is 9.03. The Morgan fingerprint density at radius 3 is 2.75 bits per heavy atom. The van der Waals surface area contributed by atoms with Crippen LogP contribution in [-0.2, 0) is 33.3 Å². The number of fused-ring (bicyclic) bond motifs is 3. The van der Waals surface area contributed by atoms with Crippen molar-refractivity contribution in [3.8, 4) is 0 Å². The van der Waals surface area contributed by atoms with Crippen molar-refractivity contribution in [3.63, 3.8) is 0 Å². The lowest BCUT2D eigenvalue weighted by molar-refractivity contribution is -0.155. The highest BCUT2D eigenvalue weighted by molar-refractivity contribution is 6.00. The first-order chi connectivity index (χ1) is 13.2. The molecule has 3 aliphatic rings. The molecule has 0 aromatic heterocycles. The molecule has 2 bridgehead atoms. The average molecular weight is 392 g/mol. The minimum Gasteiger partial charge on any atom is -0.479 e. The predicted molar refractivity (Wildman–Crippen MR) is 95.8 cm³/mol. The molecule has 3 aliphatic heterocycles. The Labute approximate surface area is 162 Å². The highest BCUT2D eigenvalue weighted by Gasteiger charge is 2.54. The summed E-state index contributed by atoms with van der Waals surface area (Å²) in [5, 5.41) is 9.77. The molecule has 0 amide bonds. The van der Waals surface area contributed by atoms with Crippen LogP contribution in [0.25, 0.3) is 0 Å². The van der Waals surface area contributed by atoms with Gasteiger partial charge in [-0.15, -0.1) is 0 Å². The van der Waals surface area contributed by atoms with Crippen LogP contribution in [0.4, 0.5) is 0 Å². The molecule has 0 aromatic rings. The van der Waals surface area contributed by atoms with Gasteiger partial charge < -0.3 is 24.1 Å². The van der Waals surface area contributed by atoms with Crippen LogP contribution in [0.5, 0.6) is 0 Å². The van der Waals surface area contributed by atoms with E-state index in [1.165, 1.54) is 20.1 Å². The van der Waals surface area contributed by atoms with Gasteiger partial charge in [-0.05, 0) is 19.9 Å². The molecule has 1 saturated heterocycles. The number of carbonyl (C=O) groups is 3. The summed E-state index contributed by atoms with van der Waals surface area (Å²) in [6.07, 6.45) is 1.26. The van der Waals surface area contributed by atoms with E-state index in [1.807, 2.05) is 0 Å². The van der Waals surface area contributed by atoms with Gasteiger partial charge in [0.2, 0.25) is 5.78 Å². The van der Waals surface area contributed by atoms with E-state index in [1.54, 1.807) is 13.0 Å². The maximum atomic E-state index is 12.6. The molecule has 8 heteroatoms. The quantitative estimate of drug-likeness (QED) is 0.542. The molecule has 3 rings (SSSR count). The molecule has 5 atom stereocenters. The summed E-state index contributed by atoms with van der Waals surface area (Å²) >= 11 is 0. The number of ketones is 1. The van der Waals surface area contributed by atoms with Gasteiger partial charge in [0.15, 0.2) is 5.60 Å². The number of methoxy groups -OCH3 is 1. The van der Waals surface area contributed by atoms with Crippen LogP contribution in [0, 0.1) is 11.8 Å². The van der Waals surface area contributed by atoms with E-state index in [9.17, 15) is 19.5 Å². The second kappa shape index (κ2) is 7.52. The molecular formula is C20H24O8. The molecule has 8 nitrogen and oxygen atoms in total. The second-order valence-corrected chi connectivity index (χ2v) is 7.52. The molecular weight excluding hydrogens is 368 g/mol. The van der Waals surface area contributed by atoms with E-state index >= 15 is 0 Å². The van der Waals surface area contributed by atoms with Gasteiger partial charge >= 0.3 is 11.9 Å². The van der Waals surface area contributed by atoms with E-state index in [-0.39, 0.29) is 30.1 Å². The fraction of sp³-hybridized carbons (Fsp3) is 0.550. The van der Waals surface area contributed by atoms with Crippen LogP contribution in [0.1, 0.15) is 20.3 Å². The molecule has 0 saturated carbocycles. The third kappa shape index (κ3) is 3.49. The van der Waals surface area contributed by atoms with Gasteiger partial charge in [-0.25, -0.2) is 4.79 Å². The standard InChI is InChI=1S/C20H24O8/c1-10(2)18(23)27-15-7-20(3)16(22)6-13(28-20)11(8-21)5-14-17(15)12(9-25-4)19(24)26-14/h5-6,12,14-15,17,21H,1,7-9H2,2-4H3/b11-5-/t12-,14+,15+,17-,20+/m0/s1. The zero-order valence-corrected chi connectivity index (χ0v) is 16.1. The Bertz CT molecular complexity index is 779. The van der Waals surface area contributed by atoms with E-state index in [4.69, 9.17) is 18.9 Å². The number of rotatable bonds is 5. The monoisotopic (exact) mass is 392 g/mol. The molecule has 3 heterocycles. The number of ether oxygens (including phenoxy) is 4. The molecule has 0 radical (unpaired) electrons. The van der Waals surface area contributed by atoms with Gasteiger partial charge in [-0.2, -0.15) is 0 Å². The number of carbonyl (C=O) groups excluding carboxylic acids is 3. The van der Waals surface area contributed by atoms with E-state index in [2.05, 4.69) is 6.58 Å². The predicted octanol–water partition coefficient (Wildman–Crippen LogP) is 0.843. The molecule has 0 aromatic carbocycles. The van der Waals surface area contributed by atoms with E-state index in [0.29, 0.717) is 5.57 Å². The van der Waals surface area contributed by atoms with Crippen molar-refractivity contribution in [1.82, 2.24) is 0 Å². The van der Waals surface area contributed by atoms with Crippen LogP contribution in [0.3, 0.4) is 0 Å². The molecule has 152 valence electrons. The minimum atomic E-state index is -1.29. The van der Waals surface area contributed by atoms with Crippen LogP contribution in [-0.4, -0.2) is 61.0 Å². The maximum Gasteiger partial charge on any atom is 0.333 e. The Kier molecular flexibility index (Phi) is 5.45. The average Bonchev–Trinajstić information content (AvgIpc) is 3.09. The van der Waals surface area contributed by atoms with Crippen molar-refractivity contribution in [1.29, 1.82) is 0 Å². The van der Waals surface area contributed by atoms with Gasteiger partial charge in [-0.1, -0.05) is 6.58 Å². The maximum absolute atomic E-state index is 12.6. The molecule has 1 fully saturated rings. The number of aliphatic hydroxyl groups excluding tert-OH is 1. The van der Waals surface area contributed by atoms with Gasteiger partial charge in [0, 0.05) is 30.8 Å². The largest absolute Gasteiger partial charge is 0.479 e. The Balaban J connectivity index is 2.09. The molecule has 0 aliphatic carbocycles. The van der Waals surface area contributed by atoms with Crippen LogP contribution in [0.2, 0.25) is 0 Å². The normalized spacial score (nSPS) is 36.0. The number of hydrogen-bond acceptors (Lipinski definition) is 8. The van der Waals surface area contributed by atoms with E-state index < -0.39 is 48.2 Å². The van der Waals surface area contributed by atoms with Crippen molar-refractivity contribution in [2.45, 2.75) is 38.1 Å². The summed E-state index contributed by atoms with van der Waals surface area (Å²) in [6.45, 7) is 6.37. The third-order valence-corrected chi connectivity index (χ3v) is 5.34. The Morgan fingerprint density at radius 1 is 1.43 bits per heavy atom. The zero-order valence-electron chi connectivity index (χ0n) is 16.1. The Hall–Kier alpha value is -2.45. The topological polar surface area (TPSA) is 108 Å². The first kappa shape index (κ1) is 20.3. The molecule has 1 N–H and O–H groups in total. The molecule has 28 heavy (non-hydrogen) atoms. The van der Waals surface area contributed by atoms with Gasteiger partial charge in [-0.3, -0.25) is 9.59 Å². The summed E-state index contributed by atoms with van der Waals surface area (Å²) in [7, 11) is 1.46. The zero-order chi connectivity index (χ0) is 20.6. The summed E-state index contributed by atoms with van der Waals surface area (Å²) in [6, 6.07) is 0.